The molecule has 1 saturated heterocycles. The van der Waals surface area contributed by atoms with Gasteiger partial charge in [0.05, 0.1) is 5.75 Å². The molecule has 0 spiro atoms. The summed E-state index contributed by atoms with van der Waals surface area (Å²) in [7, 11) is -3.29. The minimum atomic E-state index is -3.29. The molecule has 0 aromatic carbocycles. The minimum Gasteiger partial charge on any atom is -0.481 e. The third-order valence-electron chi connectivity index (χ3n) is 2.58. The average molecular weight is 281 g/mol. The number of rotatable bonds is 5. The number of sulfonamides is 1. The van der Waals surface area contributed by atoms with Gasteiger partial charge in [0.15, 0.2) is 0 Å². The van der Waals surface area contributed by atoms with Crippen LogP contribution < -0.4 is 0 Å². The summed E-state index contributed by atoms with van der Waals surface area (Å²) >= 11 is 1.77. The van der Waals surface area contributed by atoms with Gasteiger partial charge < -0.3 is 5.11 Å². The highest BCUT2D eigenvalue weighted by molar-refractivity contribution is 8.00. The van der Waals surface area contributed by atoms with Crippen molar-refractivity contribution in [3.63, 3.8) is 0 Å². The fourth-order valence-electron chi connectivity index (χ4n) is 1.75. The molecule has 0 aliphatic carbocycles. The Labute approximate surface area is 107 Å². The number of hydrogen-bond acceptors (Lipinski definition) is 4. The molecule has 7 heteroatoms. The molecule has 17 heavy (non-hydrogen) atoms. The van der Waals surface area contributed by atoms with Gasteiger partial charge in [-0.05, 0) is 20.3 Å². The largest absolute Gasteiger partial charge is 0.481 e. The Bertz CT molecular complexity index is 378. The van der Waals surface area contributed by atoms with Gasteiger partial charge in [0.2, 0.25) is 10.0 Å². The molecule has 1 N–H and O–H groups in total. The van der Waals surface area contributed by atoms with Crippen molar-refractivity contribution in [1.82, 2.24) is 4.31 Å². The summed E-state index contributed by atoms with van der Waals surface area (Å²) in [6.45, 7) is 5.09. The number of carbonyl (C=O) groups is 1. The quantitative estimate of drug-likeness (QED) is 0.814. The van der Waals surface area contributed by atoms with E-state index in [0.29, 0.717) is 13.1 Å². The molecule has 0 radical (unpaired) electrons. The SMILES string of the molecule is CC1(C)CN(S(=O)(=O)CCCC(=O)O)CCS1. The summed E-state index contributed by atoms with van der Waals surface area (Å²) in [5, 5.41) is 8.49. The number of nitrogens with zero attached hydrogens (tertiary/aromatic N) is 1. The van der Waals surface area contributed by atoms with E-state index in [1.807, 2.05) is 13.8 Å². The van der Waals surface area contributed by atoms with Crippen LogP contribution in [0.3, 0.4) is 0 Å². The van der Waals surface area contributed by atoms with Gasteiger partial charge in [0, 0.05) is 30.0 Å². The first-order valence-corrected chi connectivity index (χ1v) is 8.16. The van der Waals surface area contributed by atoms with E-state index < -0.39 is 16.0 Å². The van der Waals surface area contributed by atoms with Crippen molar-refractivity contribution >= 4 is 27.8 Å². The predicted octanol–water partition coefficient (Wildman–Crippen LogP) is 1.01. The molecule has 5 nitrogen and oxygen atoms in total. The van der Waals surface area contributed by atoms with Gasteiger partial charge in [-0.25, -0.2) is 8.42 Å². The average Bonchev–Trinajstić information content (AvgIpc) is 2.15. The van der Waals surface area contributed by atoms with Crippen LogP contribution in [0.2, 0.25) is 0 Å². The number of carboxylic acid groups (broad SMARTS) is 1. The van der Waals surface area contributed by atoms with Crippen LogP contribution in [-0.4, -0.2) is 53.1 Å². The first-order valence-electron chi connectivity index (χ1n) is 5.56. The lowest BCUT2D eigenvalue weighted by molar-refractivity contribution is -0.137. The molecule has 1 rings (SSSR count). The molecule has 0 amide bonds. The standard InChI is InChI=1S/C10H19NO4S2/c1-10(2)8-11(5-6-16-10)17(14,15)7-3-4-9(12)13/h3-8H2,1-2H3,(H,12,13). The lowest BCUT2D eigenvalue weighted by atomic mass is 10.2. The van der Waals surface area contributed by atoms with Crippen LogP contribution in [-0.2, 0) is 14.8 Å². The van der Waals surface area contributed by atoms with Crippen LogP contribution >= 0.6 is 11.8 Å². The lowest BCUT2D eigenvalue weighted by Gasteiger charge is -2.36. The van der Waals surface area contributed by atoms with Gasteiger partial charge in [0.25, 0.3) is 0 Å². The molecule has 1 heterocycles. The highest BCUT2D eigenvalue weighted by atomic mass is 32.2. The monoisotopic (exact) mass is 281 g/mol. The van der Waals surface area contributed by atoms with E-state index in [1.54, 1.807) is 11.8 Å². The van der Waals surface area contributed by atoms with Gasteiger partial charge in [-0.2, -0.15) is 16.1 Å². The van der Waals surface area contributed by atoms with Gasteiger partial charge in [0.1, 0.15) is 0 Å². The van der Waals surface area contributed by atoms with E-state index in [2.05, 4.69) is 0 Å². The second-order valence-corrected chi connectivity index (χ2v) is 8.65. The third kappa shape index (κ3) is 4.85. The summed E-state index contributed by atoms with van der Waals surface area (Å²) in [5.41, 5.74) is 0. The van der Waals surface area contributed by atoms with E-state index in [4.69, 9.17) is 5.11 Å². The third-order valence-corrected chi connectivity index (χ3v) is 5.78. The van der Waals surface area contributed by atoms with E-state index in [0.717, 1.165) is 5.75 Å². The first kappa shape index (κ1) is 14.8. The predicted molar refractivity (Wildman–Crippen MR) is 68.8 cm³/mol. The Morgan fingerprint density at radius 3 is 2.65 bits per heavy atom. The Hall–Kier alpha value is -0.270. The molecule has 100 valence electrons. The molecule has 0 atom stereocenters. The van der Waals surface area contributed by atoms with E-state index in [1.165, 1.54) is 4.31 Å². The van der Waals surface area contributed by atoms with Crippen molar-refractivity contribution in [3.8, 4) is 0 Å². The van der Waals surface area contributed by atoms with E-state index >= 15 is 0 Å². The fourth-order valence-corrected chi connectivity index (χ4v) is 4.71. The lowest BCUT2D eigenvalue weighted by Crippen LogP contribution is -2.46. The number of hydrogen-bond donors (Lipinski definition) is 1. The molecule has 1 aliphatic heterocycles. The van der Waals surface area contributed by atoms with Crippen molar-refractivity contribution in [1.29, 1.82) is 0 Å². The van der Waals surface area contributed by atoms with E-state index in [-0.39, 0.29) is 23.3 Å². The zero-order valence-electron chi connectivity index (χ0n) is 10.2. The Morgan fingerprint density at radius 1 is 1.47 bits per heavy atom. The maximum Gasteiger partial charge on any atom is 0.303 e. The molecule has 0 aromatic heterocycles. The summed E-state index contributed by atoms with van der Waals surface area (Å²) < 4.78 is 25.4. The van der Waals surface area contributed by atoms with Gasteiger partial charge in [-0.1, -0.05) is 0 Å². The number of thioether (sulfide) groups is 1. The highest BCUT2D eigenvalue weighted by Gasteiger charge is 2.33. The van der Waals surface area contributed by atoms with Crippen LogP contribution in [0.4, 0.5) is 0 Å². The summed E-state index contributed by atoms with van der Waals surface area (Å²) in [5.74, 6) is -0.222. The molecule has 1 fully saturated rings. The second-order valence-electron chi connectivity index (χ2n) is 4.76. The van der Waals surface area contributed by atoms with Gasteiger partial charge in [-0.15, -0.1) is 0 Å². The molecule has 0 bridgehead atoms. The van der Waals surface area contributed by atoms with Crippen molar-refractivity contribution in [2.75, 3.05) is 24.6 Å². The van der Waals surface area contributed by atoms with Crippen LogP contribution in [0.5, 0.6) is 0 Å². The smallest absolute Gasteiger partial charge is 0.303 e. The maximum atomic E-state index is 12.0. The summed E-state index contributed by atoms with van der Waals surface area (Å²) in [6.07, 6.45) is 0.0902. The van der Waals surface area contributed by atoms with E-state index in [9.17, 15) is 13.2 Å². The van der Waals surface area contributed by atoms with Gasteiger partial charge in [-0.3, -0.25) is 4.79 Å². The number of carboxylic acids is 1. The molecule has 0 unspecified atom stereocenters. The molecule has 0 aromatic rings. The highest BCUT2D eigenvalue weighted by Crippen LogP contribution is 2.30. The fraction of sp³-hybridized carbons (Fsp3) is 0.900. The minimum absolute atomic E-state index is 0.0574. The Balaban J connectivity index is 2.55. The van der Waals surface area contributed by atoms with Crippen molar-refractivity contribution in [3.05, 3.63) is 0 Å². The first-order chi connectivity index (χ1) is 7.73. The van der Waals surface area contributed by atoms with Crippen LogP contribution in [0.15, 0.2) is 0 Å². The van der Waals surface area contributed by atoms with Crippen LogP contribution in [0.25, 0.3) is 0 Å². The van der Waals surface area contributed by atoms with Crippen LogP contribution in [0, 0.1) is 0 Å². The van der Waals surface area contributed by atoms with Crippen molar-refractivity contribution in [2.45, 2.75) is 31.4 Å². The topological polar surface area (TPSA) is 74.7 Å². The molecular weight excluding hydrogens is 262 g/mol. The Morgan fingerprint density at radius 2 is 2.12 bits per heavy atom. The molecule has 0 saturated carbocycles. The normalized spacial score (nSPS) is 21.3. The van der Waals surface area contributed by atoms with Crippen LogP contribution in [0.1, 0.15) is 26.7 Å². The van der Waals surface area contributed by atoms with Crippen molar-refractivity contribution in [2.24, 2.45) is 0 Å². The summed E-state index contributed by atoms with van der Waals surface area (Å²) in [4.78, 5) is 10.4. The zero-order chi connectivity index (χ0) is 13.1. The number of aliphatic carboxylic acids is 1. The Kier molecular flexibility index (Phi) is 4.86. The van der Waals surface area contributed by atoms with Gasteiger partial charge >= 0.3 is 5.97 Å². The zero-order valence-corrected chi connectivity index (χ0v) is 11.8. The molecular formula is C10H19NO4S2. The molecule has 1 aliphatic rings. The second kappa shape index (κ2) is 5.58. The maximum absolute atomic E-state index is 12.0. The van der Waals surface area contributed by atoms with Crippen molar-refractivity contribution < 1.29 is 18.3 Å². The summed E-state index contributed by atoms with van der Waals surface area (Å²) in [6, 6.07) is 0.